The molecule has 4 rings (SSSR count). The summed E-state index contributed by atoms with van der Waals surface area (Å²) in [5, 5.41) is 21.2. The van der Waals surface area contributed by atoms with Crippen LogP contribution in [0.5, 0.6) is 0 Å². The van der Waals surface area contributed by atoms with Crippen LogP contribution in [0.2, 0.25) is 0 Å². The lowest BCUT2D eigenvalue weighted by atomic mass is 9.51. The molecule has 2 N–H and O–H groups in total. The molecule has 7 unspecified atom stereocenters. The van der Waals surface area contributed by atoms with E-state index >= 15 is 0 Å². The highest BCUT2D eigenvalue weighted by Crippen LogP contribution is 2.64. The van der Waals surface area contributed by atoms with Gasteiger partial charge in [-0.25, -0.2) is 0 Å². The van der Waals surface area contributed by atoms with Crippen LogP contribution >= 0.6 is 0 Å². The Labute approximate surface area is 173 Å². The van der Waals surface area contributed by atoms with Gasteiger partial charge in [0, 0.05) is 0 Å². The Bertz CT molecular complexity index is 591. The first-order valence-corrected chi connectivity index (χ1v) is 12.3. The first kappa shape index (κ1) is 20.9. The maximum Gasteiger partial charge on any atom is 0.0657 e. The van der Waals surface area contributed by atoms with E-state index in [9.17, 15) is 10.2 Å². The summed E-state index contributed by atoms with van der Waals surface area (Å²) in [4.78, 5) is 0. The van der Waals surface area contributed by atoms with Gasteiger partial charge in [-0.2, -0.15) is 0 Å². The van der Waals surface area contributed by atoms with Crippen LogP contribution in [0.15, 0.2) is 11.6 Å². The van der Waals surface area contributed by atoms with Crippen molar-refractivity contribution in [2.75, 3.05) is 0 Å². The Hall–Kier alpha value is -0.340. The van der Waals surface area contributed by atoms with Gasteiger partial charge in [0.25, 0.3) is 0 Å². The maximum absolute atomic E-state index is 10.7. The highest BCUT2D eigenvalue weighted by molar-refractivity contribution is 5.21. The molecule has 0 saturated heterocycles. The van der Waals surface area contributed by atoms with E-state index in [4.69, 9.17) is 0 Å². The molecule has 0 aromatic heterocycles. The number of hydrogen-bond acceptors (Lipinski definition) is 2. The largest absolute Gasteiger partial charge is 0.393 e. The molecule has 0 bridgehead atoms. The summed E-state index contributed by atoms with van der Waals surface area (Å²) in [5.41, 5.74) is 1.56. The molecule has 2 nitrogen and oxygen atoms in total. The van der Waals surface area contributed by atoms with Gasteiger partial charge < -0.3 is 10.2 Å². The zero-order valence-corrected chi connectivity index (χ0v) is 18.8. The molecule has 28 heavy (non-hydrogen) atoms. The molecule has 8 atom stereocenters. The Kier molecular flexibility index (Phi) is 5.77. The van der Waals surface area contributed by atoms with Crippen molar-refractivity contribution >= 4 is 0 Å². The molecule has 4 aliphatic rings. The normalized spacial score (nSPS) is 46.5. The van der Waals surface area contributed by atoms with Crippen molar-refractivity contribution in [1.29, 1.82) is 0 Å². The number of aliphatic hydroxyl groups is 2. The summed E-state index contributed by atoms with van der Waals surface area (Å²) in [6.45, 7) is 9.12. The van der Waals surface area contributed by atoms with Crippen molar-refractivity contribution in [3.05, 3.63) is 11.6 Å². The van der Waals surface area contributed by atoms with Crippen LogP contribution in [0.25, 0.3) is 0 Å². The van der Waals surface area contributed by atoms with E-state index in [1.807, 2.05) is 6.92 Å². The predicted molar refractivity (Wildman–Crippen MR) is 116 cm³/mol. The summed E-state index contributed by atoms with van der Waals surface area (Å²) in [5.74, 6) is 4.73. The van der Waals surface area contributed by atoms with Crippen LogP contribution in [-0.4, -0.2) is 21.9 Å². The van der Waals surface area contributed by atoms with Crippen molar-refractivity contribution in [3.63, 3.8) is 0 Å². The molecular formula is C26H44O2. The van der Waals surface area contributed by atoms with Crippen LogP contribution in [-0.2, 0) is 0 Å². The number of aliphatic hydroxyl groups excluding tert-OH is 1. The van der Waals surface area contributed by atoms with E-state index in [1.54, 1.807) is 5.57 Å². The minimum absolute atomic E-state index is 0.0980. The van der Waals surface area contributed by atoms with Crippen molar-refractivity contribution in [2.24, 2.45) is 40.9 Å². The lowest BCUT2D eigenvalue weighted by Gasteiger charge is -2.54. The van der Waals surface area contributed by atoms with Gasteiger partial charge in [-0.05, 0) is 118 Å². The van der Waals surface area contributed by atoms with E-state index in [0.717, 1.165) is 61.7 Å². The topological polar surface area (TPSA) is 40.5 Å². The standard InChI is InChI=1S/C26H44O2/c1-17(2)5-8-20(27)15-19-7-10-24-23-9-6-18-16-25(3,28)13-11-21(18)22(23)12-14-26(19,24)4/h6,17,19-24,27-28H,5,7-16H2,1-4H3/t19?,20?,21?,22?,23?,24?,25-,26?/m0/s1. The highest BCUT2D eigenvalue weighted by Gasteiger charge is 2.56. The molecule has 0 aromatic rings. The van der Waals surface area contributed by atoms with E-state index in [1.165, 1.54) is 38.5 Å². The Morgan fingerprint density at radius 1 is 1.04 bits per heavy atom. The summed E-state index contributed by atoms with van der Waals surface area (Å²) in [6, 6.07) is 0. The first-order chi connectivity index (χ1) is 13.2. The van der Waals surface area contributed by atoms with Crippen molar-refractivity contribution in [3.8, 4) is 0 Å². The summed E-state index contributed by atoms with van der Waals surface area (Å²) in [6.07, 6.45) is 15.4. The van der Waals surface area contributed by atoms with Crippen LogP contribution in [0.1, 0.15) is 98.3 Å². The molecule has 0 radical (unpaired) electrons. The molecule has 3 fully saturated rings. The number of rotatable bonds is 5. The fraction of sp³-hybridized carbons (Fsp3) is 0.923. The Morgan fingerprint density at radius 2 is 1.82 bits per heavy atom. The highest BCUT2D eigenvalue weighted by atomic mass is 16.3. The van der Waals surface area contributed by atoms with Crippen molar-refractivity contribution in [2.45, 2.75) is 110 Å². The molecule has 0 aromatic carbocycles. The molecule has 160 valence electrons. The fourth-order valence-electron chi connectivity index (χ4n) is 7.93. The number of hydrogen-bond donors (Lipinski definition) is 2. The van der Waals surface area contributed by atoms with Gasteiger partial charge in [-0.3, -0.25) is 0 Å². The first-order valence-electron chi connectivity index (χ1n) is 12.3. The Balaban J connectivity index is 1.44. The molecule has 4 aliphatic carbocycles. The second kappa shape index (κ2) is 7.73. The summed E-state index contributed by atoms with van der Waals surface area (Å²) < 4.78 is 0. The van der Waals surface area contributed by atoms with Crippen LogP contribution in [0.4, 0.5) is 0 Å². The number of allylic oxidation sites excluding steroid dienone is 1. The lowest BCUT2D eigenvalue weighted by molar-refractivity contribution is -0.0394. The molecule has 0 aliphatic heterocycles. The third kappa shape index (κ3) is 3.85. The van der Waals surface area contributed by atoms with Gasteiger partial charge in [0.15, 0.2) is 0 Å². The third-order valence-electron chi connectivity index (χ3n) is 9.55. The van der Waals surface area contributed by atoms with Crippen molar-refractivity contribution in [1.82, 2.24) is 0 Å². The smallest absolute Gasteiger partial charge is 0.0657 e. The van der Waals surface area contributed by atoms with Gasteiger partial charge in [0.1, 0.15) is 0 Å². The summed E-state index contributed by atoms with van der Waals surface area (Å²) in [7, 11) is 0. The minimum Gasteiger partial charge on any atom is -0.393 e. The molecule has 0 heterocycles. The van der Waals surface area contributed by atoms with Gasteiger partial charge in [0.2, 0.25) is 0 Å². The fourth-order valence-corrected chi connectivity index (χ4v) is 7.93. The van der Waals surface area contributed by atoms with E-state index < -0.39 is 5.60 Å². The third-order valence-corrected chi connectivity index (χ3v) is 9.55. The maximum atomic E-state index is 10.7. The van der Waals surface area contributed by atoms with Crippen LogP contribution < -0.4 is 0 Å². The predicted octanol–water partition coefficient (Wildman–Crippen LogP) is 6.11. The second-order valence-electron chi connectivity index (χ2n) is 11.9. The second-order valence-corrected chi connectivity index (χ2v) is 11.9. The molecule has 3 saturated carbocycles. The van der Waals surface area contributed by atoms with Gasteiger partial charge >= 0.3 is 0 Å². The summed E-state index contributed by atoms with van der Waals surface area (Å²) >= 11 is 0. The quantitative estimate of drug-likeness (QED) is 0.558. The number of fused-ring (bicyclic) bond motifs is 5. The zero-order valence-electron chi connectivity index (χ0n) is 18.8. The van der Waals surface area contributed by atoms with Gasteiger partial charge in [-0.15, -0.1) is 0 Å². The average molecular weight is 389 g/mol. The lowest BCUT2D eigenvalue weighted by Crippen LogP contribution is -2.47. The average Bonchev–Trinajstić information content (AvgIpc) is 2.95. The van der Waals surface area contributed by atoms with Gasteiger partial charge in [-0.1, -0.05) is 32.4 Å². The molecule has 0 spiro atoms. The van der Waals surface area contributed by atoms with Crippen LogP contribution in [0.3, 0.4) is 0 Å². The van der Waals surface area contributed by atoms with E-state index in [-0.39, 0.29) is 6.10 Å². The van der Waals surface area contributed by atoms with E-state index in [2.05, 4.69) is 26.8 Å². The molecule has 0 amide bonds. The molecular weight excluding hydrogens is 344 g/mol. The van der Waals surface area contributed by atoms with Crippen LogP contribution in [0, 0.1) is 40.9 Å². The molecule has 2 heteroatoms. The minimum atomic E-state index is -0.469. The van der Waals surface area contributed by atoms with Crippen molar-refractivity contribution < 1.29 is 10.2 Å². The monoisotopic (exact) mass is 388 g/mol. The Morgan fingerprint density at radius 3 is 2.57 bits per heavy atom. The van der Waals surface area contributed by atoms with Gasteiger partial charge in [0.05, 0.1) is 11.7 Å². The van der Waals surface area contributed by atoms with E-state index in [0.29, 0.717) is 11.3 Å². The SMILES string of the molecule is CC(C)CCC(O)CC1CCC2C3CC=C4C[C@@](C)(O)CCC4C3CCC12C. The zero-order chi connectivity index (χ0) is 20.1.